The average Bonchev–Trinajstić information content (AvgIpc) is 3.42. The number of rotatable bonds is 3. The molecule has 0 bridgehead atoms. The second-order valence-corrected chi connectivity index (χ2v) is 9.36. The van der Waals surface area contributed by atoms with Crippen LogP contribution in [0.4, 0.5) is 0 Å². The highest BCUT2D eigenvalue weighted by atomic mass is 32.2. The molecule has 0 aliphatic carbocycles. The lowest BCUT2D eigenvalue weighted by Gasteiger charge is -2.27. The maximum atomic E-state index is 13.6. The molecule has 0 radical (unpaired) electrons. The van der Waals surface area contributed by atoms with Crippen LogP contribution in [-0.4, -0.2) is 34.2 Å². The van der Waals surface area contributed by atoms with Gasteiger partial charge < -0.3 is 9.47 Å². The minimum Gasteiger partial charge on any atom is -0.334 e. The summed E-state index contributed by atoms with van der Waals surface area (Å²) in [4.78, 5) is 17.0. The Labute approximate surface area is 173 Å². The Kier molecular flexibility index (Phi) is 4.87. The summed E-state index contributed by atoms with van der Waals surface area (Å²) in [7, 11) is 0. The van der Waals surface area contributed by atoms with Crippen molar-refractivity contribution < 1.29 is 4.79 Å². The molecular weight excluding hydrogens is 384 g/mol. The molecular formula is C23H22N2OS2. The zero-order valence-electron chi connectivity index (χ0n) is 15.6. The number of carbonyl (C=O) groups excluding carboxylic acids is 1. The number of aromatic nitrogens is 1. The largest absolute Gasteiger partial charge is 0.334 e. The molecule has 1 aromatic carbocycles. The maximum Gasteiger partial charge on any atom is 0.257 e. The molecule has 28 heavy (non-hydrogen) atoms. The molecule has 5 heteroatoms. The molecule has 3 nitrogen and oxygen atoms in total. The Morgan fingerprint density at radius 1 is 1.00 bits per heavy atom. The first-order valence-corrected chi connectivity index (χ1v) is 11.7. The second kappa shape index (κ2) is 7.64. The predicted molar refractivity (Wildman–Crippen MR) is 118 cm³/mol. The Hall–Kier alpha value is -2.24. The van der Waals surface area contributed by atoms with Crippen molar-refractivity contribution in [2.75, 3.05) is 18.8 Å². The van der Waals surface area contributed by atoms with Gasteiger partial charge in [0.1, 0.15) is 5.00 Å². The van der Waals surface area contributed by atoms with Crippen molar-refractivity contribution in [3.8, 4) is 5.00 Å². The van der Waals surface area contributed by atoms with E-state index in [1.165, 1.54) is 21.6 Å². The molecule has 0 spiro atoms. The summed E-state index contributed by atoms with van der Waals surface area (Å²) in [6, 6.07) is 14.6. The number of benzene rings is 1. The third-order valence-electron chi connectivity index (χ3n) is 5.50. The molecule has 0 saturated carbocycles. The van der Waals surface area contributed by atoms with E-state index >= 15 is 0 Å². The van der Waals surface area contributed by atoms with Crippen molar-refractivity contribution >= 4 is 34.6 Å². The lowest BCUT2D eigenvalue weighted by Crippen LogP contribution is -2.35. The first-order chi connectivity index (χ1) is 13.8. The Morgan fingerprint density at radius 2 is 1.82 bits per heavy atom. The SMILES string of the molecule is O=C(c1c(-n2cccc2)sc2c1CCSC2)N1CC=C(c2ccccc2)CC1. The maximum absolute atomic E-state index is 13.6. The number of fused-ring (bicyclic) bond motifs is 1. The van der Waals surface area contributed by atoms with Crippen LogP contribution < -0.4 is 0 Å². The van der Waals surface area contributed by atoms with Crippen LogP contribution in [0, 0.1) is 0 Å². The van der Waals surface area contributed by atoms with Gasteiger partial charge in [0.25, 0.3) is 5.91 Å². The van der Waals surface area contributed by atoms with Crippen LogP contribution in [-0.2, 0) is 12.2 Å². The fourth-order valence-corrected chi connectivity index (χ4v) is 6.45. The van der Waals surface area contributed by atoms with E-state index in [4.69, 9.17) is 0 Å². The Morgan fingerprint density at radius 3 is 2.57 bits per heavy atom. The number of amides is 1. The second-order valence-electron chi connectivity index (χ2n) is 7.17. The number of hydrogen-bond donors (Lipinski definition) is 0. The van der Waals surface area contributed by atoms with E-state index in [0.717, 1.165) is 41.5 Å². The minimum absolute atomic E-state index is 0.191. The van der Waals surface area contributed by atoms with Gasteiger partial charge in [0.15, 0.2) is 0 Å². The Balaban J connectivity index is 1.46. The van der Waals surface area contributed by atoms with Crippen LogP contribution in [0.25, 0.3) is 10.6 Å². The molecule has 2 aromatic heterocycles. The van der Waals surface area contributed by atoms with Gasteiger partial charge in [-0.15, -0.1) is 11.3 Å². The van der Waals surface area contributed by atoms with Gasteiger partial charge in [-0.1, -0.05) is 36.4 Å². The summed E-state index contributed by atoms with van der Waals surface area (Å²) in [6.45, 7) is 1.47. The summed E-state index contributed by atoms with van der Waals surface area (Å²) < 4.78 is 2.11. The van der Waals surface area contributed by atoms with Crippen LogP contribution in [0.2, 0.25) is 0 Å². The number of thioether (sulfide) groups is 1. The monoisotopic (exact) mass is 406 g/mol. The Bertz CT molecular complexity index is 1020. The molecule has 4 heterocycles. The van der Waals surface area contributed by atoms with Gasteiger partial charge in [0, 0.05) is 36.1 Å². The minimum atomic E-state index is 0.191. The quantitative estimate of drug-likeness (QED) is 0.593. The van der Waals surface area contributed by atoms with Gasteiger partial charge in [-0.25, -0.2) is 0 Å². The standard InChI is InChI=1S/C23H22N2OS2/c26-22(24-13-8-18(9-14-24)17-6-2-1-3-7-17)21-19-10-15-27-16-20(19)28-23(21)25-11-4-5-12-25/h1-8,11-12H,9-10,13-16H2. The molecule has 142 valence electrons. The van der Waals surface area contributed by atoms with Crippen molar-refractivity contribution in [2.45, 2.75) is 18.6 Å². The zero-order chi connectivity index (χ0) is 18.9. The van der Waals surface area contributed by atoms with Crippen LogP contribution >= 0.6 is 23.1 Å². The lowest BCUT2D eigenvalue weighted by atomic mass is 9.98. The predicted octanol–water partition coefficient (Wildman–Crippen LogP) is 5.26. The van der Waals surface area contributed by atoms with Crippen molar-refractivity contribution in [1.29, 1.82) is 0 Å². The molecule has 2 aliphatic heterocycles. The third kappa shape index (κ3) is 3.23. The van der Waals surface area contributed by atoms with Crippen molar-refractivity contribution in [3.05, 3.63) is 82.5 Å². The fraction of sp³-hybridized carbons (Fsp3) is 0.261. The molecule has 0 saturated heterocycles. The average molecular weight is 407 g/mol. The van der Waals surface area contributed by atoms with Crippen LogP contribution in [0.1, 0.15) is 32.8 Å². The molecule has 5 rings (SSSR count). The third-order valence-corrected chi connectivity index (χ3v) is 7.91. The van der Waals surface area contributed by atoms with E-state index in [1.54, 1.807) is 11.3 Å². The summed E-state index contributed by atoms with van der Waals surface area (Å²) in [5.41, 5.74) is 4.84. The van der Waals surface area contributed by atoms with E-state index in [2.05, 4.69) is 34.9 Å². The number of nitrogens with zero attached hydrogens (tertiary/aromatic N) is 2. The van der Waals surface area contributed by atoms with Crippen molar-refractivity contribution in [2.24, 2.45) is 0 Å². The van der Waals surface area contributed by atoms with Gasteiger partial charge in [0.05, 0.1) is 5.56 Å². The first-order valence-electron chi connectivity index (χ1n) is 9.70. The van der Waals surface area contributed by atoms with Crippen LogP contribution in [0.3, 0.4) is 0 Å². The number of hydrogen-bond acceptors (Lipinski definition) is 3. The van der Waals surface area contributed by atoms with Gasteiger partial charge in [-0.2, -0.15) is 11.8 Å². The zero-order valence-corrected chi connectivity index (χ0v) is 17.3. The van der Waals surface area contributed by atoms with Crippen LogP contribution in [0.5, 0.6) is 0 Å². The number of thiophene rings is 1. The normalized spacial score (nSPS) is 16.6. The van der Waals surface area contributed by atoms with E-state index in [1.807, 2.05) is 47.3 Å². The van der Waals surface area contributed by atoms with Gasteiger partial charge in [-0.3, -0.25) is 4.79 Å². The van der Waals surface area contributed by atoms with Crippen molar-refractivity contribution in [3.63, 3.8) is 0 Å². The van der Waals surface area contributed by atoms with E-state index < -0.39 is 0 Å². The highest BCUT2D eigenvalue weighted by molar-refractivity contribution is 7.98. The molecule has 0 fully saturated rings. The van der Waals surface area contributed by atoms with E-state index in [-0.39, 0.29) is 5.91 Å². The summed E-state index contributed by atoms with van der Waals surface area (Å²) in [5, 5.41) is 1.08. The highest BCUT2D eigenvalue weighted by Crippen LogP contribution is 2.39. The molecule has 0 unspecified atom stereocenters. The molecule has 0 N–H and O–H groups in total. The highest BCUT2D eigenvalue weighted by Gasteiger charge is 2.30. The smallest absolute Gasteiger partial charge is 0.257 e. The number of carbonyl (C=O) groups is 1. The first kappa shape index (κ1) is 17.8. The molecule has 2 aliphatic rings. The summed E-state index contributed by atoms with van der Waals surface area (Å²) in [6.07, 6.45) is 8.23. The molecule has 0 atom stereocenters. The van der Waals surface area contributed by atoms with Gasteiger partial charge in [-0.05, 0) is 47.4 Å². The summed E-state index contributed by atoms with van der Waals surface area (Å²) >= 11 is 3.76. The van der Waals surface area contributed by atoms with Gasteiger partial charge in [0.2, 0.25) is 0 Å². The van der Waals surface area contributed by atoms with Crippen molar-refractivity contribution in [1.82, 2.24) is 9.47 Å². The van der Waals surface area contributed by atoms with Crippen LogP contribution in [0.15, 0.2) is 60.9 Å². The van der Waals surface area contributed by atoms with E-state index in [9.17, 15) is 4.79 Å². The molecule has 3 aromatic rings. The fourth-order valence-electron chi connectivity index (χ4n) is 4.02. The molecule has 1 amide bonds. The van der Waals surface area contributed by atoms with Gasteiger partial charge >= 0.3 is 0 Å². The summed E-state index contributed by atoms with van der Waals surface area (Å²) in [5.74, 6) is 2.32. The topological polar surface area (TPSA) is 25.2 Å². The lowest BCUT2D eigenvalue weighted by molar-refractivity contribution is 0.0772. The van der Waals surface area contributed by atoms with E-state index in [0.29, 0.717) is 6.54 Å².